The average molecular weight is 385 g/mol. The van der Waals surface area contributed by atoms with Gasteiger partial charge in [0.2, 0.25) is 5.88 Å². The monoisotopic (exact) mass is 384 g/mol. The van der Waals surface area contributed by atoms with Crippen LogP contribution in [-0.2, 0) is 13.2 Å². The third kappa shape index (κ3) is 6.17. The molecule has 1 aromatic carbocycles. The molecule has 1 aliphatic rings. The summed E-state index contributed by atoms with van der Waals surface area (Å²) in [5.74, 6) is 1.49. The number of rotatable bonds is 7. The van der Waals surface area contributed by atoms with Crippen LogP contribution in [0.2, 0.25) is 0 Å². The zero-order valence-corrected chi connectivity index (χ0v) is 16.8. The van der Waals surface area contributed by atoms with Crippen LogP contribution in [0, 0.1) is 0 Å². The molecule has 2 N–H and O–H groups in total. The molecule has 0 saturated heterocycles. The molecule has 2 unspecified atom stereocenters. The standard InChI is InChI=1S/C21H28N4OS/c1-22-21(25-18-8-9-19(13-18)27-2)24-14-17-10-11-23-20(12-17)26-15-16-6-4-3-5-7-16/h3-7,10-12,18-19H,8-9,13-15H2,1-2H3,(H2,22,24,25). The summed E-state index contributed by atoms with van der Waals surface area (Å²) in [6.45, 7) is 1.20. The number of nitrogens with one attached hydrogen (secondary N) is 2. The van der Waals surface area contributed by atoms with E-state index in [0.29, 0.717) is 25.1 Å². The molecule has 0 spiro atoms. The second kappa shape index (κ2) is 10.2. The van der Waals surface area contributed by atoms with Crippen molar-refractivity contribution in [2.75, 3.05) is 13.3 Å². The first kappa shape index (κ1) is 19.5. The Balaban J connectivity index is 1.48. The second-order valence-electron chi connectivity index (χ2n) is 6.71. The van der Waals surface area contributed by atoms with Crippen molar-refractivity contribution in [1.29, 1.82) is 0 Å². The normalized spacial score (nSPS) is 19.7. The first-order valence-corrected chi connectivity index (χ1v) is 10.7. The van der Waals surface area contributed by atoms with Crippen LogP contribution < -0.4 is 15.4 Å². The third-order valence-corrected chi connectivity index (χ3v) is 5.87. The molecule has 1 aliphatic carbocycles. The fraction of sp³-hybridized carbons (Fsp3) is 0.429. The Labute approximate surface area is 166 Å². The van der Waals surface area contributed by atoms with E-state index in [9.17, 15) is 0 Å². The molecule has 144 valence electrons. The summed E-state index contributed by atoms with van der Waals surface area (Å²) < 4.78 is 5.81. The number of hydrogen-bond donors (Lipinski definition) is 2. The fourth-order valence-electron chi connectivity index (χ4n) is 3.23. The van der Waals surface area contributed by atoms with E-state index in [1.54, 1.807) is 6.20 Å². The van der Waals surface area contributed by atoms with Gasteiger partial charge in [0.1, 0.15) is 6.61 Å². The van der Waals surface area contributed by atoms with Gasteiger partial charge in [-0.3, -0.25) is 4.99 Å². The Hall–Kier alpha value is -2.21. The quantitative estimate of drug-likeness (QED) is 0.564. The molecule has 2 atom stereocenters. The summed E-state index contributed by atoms with van der Waals surface area (Å²) in [5, 5.41) is 7.70. The van der Waals surface area contributed by atoms with E-state index in [1.807, 2.05) is 61.3 Å². The van der Waals surface area contributed by atoms with E-state index in [-0.39, 0.29) is 0 Å². The molecule has 5 nitrogen and oxygen atoms in total. The van der Waals surface area contributed by atoms with Crippen molar-refractivity contribution in [1.82, 2.24) is 15.6 Å². The average Bonchev–Trinajstić information content (AvgIpc) is 3.18. The van der Waals surface area contributed by atoms with Crippen molar-refractivity contribution in [2.45, 2.75) is 43.7 Å². The summed E-state index contributed by atoms with van der Waals surface area (Å²) in [5.41, 5.74) is 2.25. The van der Waals surface area contributed by atoms with Crippen molar-refractivity contribution in [2.24, 2.45) is 4.99 Å². The van der Waals surface area contributed by atoms with Crippen LogP contribution in [0.3, 0.4) is 0 Å². The highest BCUT2D eigenvalue weighted by atomic mass is 32.2. The molecule has 1 aromatic heterocycles. The van der Waals surface area contributed by atoms with Gasteiger partial charge in [-0.05, 0) is 42.7 Å². The largest absolute Gasteiger partial charge is 0.473 e. The lowest BCUT2D eigenvalue weighted by atomic mass is 10.2. The van der Waals surface area contributed by atoms with Gasteiger partial charge in [0.05, 0.1) is 0 Å². The Kier molecular flexibility index (Phi) is 7.39. The van der Waals surface area contributed by atoms with E-state index in [4.69, 9.17) is 4.74 Å². The Morgan fingerprint density at radius 1 is 1.22 bits per heavy atom. The smallest absolute Gasteiger partial charge is 0.213 e. The SMILES string of the molecule is CN=C(NCc1ccnc(OCc2ccccc2)c1)NC1CCC(SC)C1. The molecule has 0 amide bonds. The van der Waals surface area contributed by atoms with Gasteiger partial charge < -0.3 is 15.4 Å². The molecule has 2 aromatic rings. The zero-order chi connectivity index (χ0) is 18.9. The van der Waals surface area contributed by atoms with Crippen LogP contribution in [0.15, 0.2) is 53.7 Å². The molecule has 0 radical (unpaired) electrons. The van der Waals surface area contributed by atoms with E-state index in [0.717, 1.165) is 22.3 Å². The van der Waals surface area contributed by atoms with E-state index >= 15 is 0 Å². The van der Waals surface area contributed by atoms with Crippen LogP contribution in [0.1, 0.15) is 30.4 Å². The molecule has 27 heavy (non-hydrogen) atoms. The van der Waals surface area contributed by atoms with Crippen molar-refractivity contribution < 1.29 is 4.74 Å². The fourth-order valence-corrected chi connectivity index (χ4v) is 4.03. The van der Waals surface area contributed by atoms with Gasteiger partial charge in [0.25, 0.3) is 0 Å². The summed E-state index contributed by atoms with van der Waals surface area (Å²) in [4.78, 5) is 8.66. The predicted molar refractivity (Wildman–Crippen MR) is 113 cm³/mol. The van der Waals surface area contributed by atoms with Gasteiger partial charge in [-0.15, -0.1) is 0 Å². The number of aliphatic imine (C=N–C) groups is 1. The third-order valence-electron chi connectivity index (χ3n) is 4.77. The molecular formula is C21H28N4OS. The number of ether oxygens (including phenoxy) is 1. The van der Waals surface area contributed by atoms with Gasteiger partial charge in [-0.1, -0.05) is 30.3 Å². The van der Waals surface area contributed by atoms with Gasteiger partial charge in [0.15, 0.2) is 5.96 Å². The number of aromatic nitrogens is 1. The maximum atomic E-state index is 5.81. The number of pyridine rings is 1. The minimum absolute atomic E-state index is 0.510. The molecule has 1 fully saturated rings. The lowest BCUT2D eigenvalue weighted by molar-refractivity contribution is 0.293. The number of nitrogens with zero attached hydrogens (tertiary/aromatic N) is 2. The van der Waals surface area contributed by atoms with Gasteiger partial charge in [0, 0.05) is 37.1 Å². The molecule has 0 aliphatic heterocycles. The lowest BCUT2D eigenvalue weighted by Gasteiger charge is -2.17. The molecule has 1 heterocycles. The summed E-state index contributed by atoms with van der Waals surface area (Å²) >= 11 is 1.96. The van der Waals surface area contributed by atoms with Crippen molar-refractivity contribution >= 4 is 17.7 Å². The first-order chi connectivity index (χ1) is 13.3. The number of guanidine groups is 1. The minimum Gasteiger partial charge on any atom is -0.473 e. The van der Waals surface area contributed by atoms with Crippen molar-refractivity contribution in [3.05, 3.63) is 59.8 Å². The first-order valence-electron chi connectivity index (χ1n) is 9.38. The summed E-state index contributed by atoms with van der Waals surface area (Å²) in [7, 11) is 1.82. The molecule has 0 bridgehead atoms. The van der Waals surface area contributed by atoms with Gasteiger partial charge >= 0.3 is 0 Å². The number of hydrogen-bond acceptors (Lipinski definition) is 4. The maximum Gasteiger partial charge on any atom is 0.213 e. The highest BCUT2D eigenvalue weighted by Gasteiger charge is 2.24. The van der Waals surface area contributed by atoms with E-state index in [2.05, 4.69) is 26.9 Å². The molecule has 1 saturated carbocycles. The number of benzene rings is 1. The zero-order valence-electron chi connectivity index (χ0n) is 16.0. The molecule has 3 rings (SSSR count). The van der Waals surface area contributed by atoms with Gasteiger partial charge in [-0.25, -0.2) is 4.98 Å². The highest BCUT2D eigenvalue weighted by Crippen LogP contribution is 2.28. The number of thioether (sulfide) groups is 1. The van der Waals surface area contributed by atoms with Crippen LogP contribution in [0.4, 0.5) is 0 Å². The Bertz CT molecular complexity index is 738. The van der Waals surface area contributed by atoms with Crippen LogP contribution in [0.25, 0.3) is 0 Å². The lowest BCUT2D eigenvalue weighted by Crippen LogP contribution is -2.42. The van der Waals surface area contributed by atoms with Crippen LogP contribution >= 0.6 is 11.8 Å². The Morgan fingerprint density at radius 3 is 2.81 bits per heavy atom. The summed E-state index contributed by atoms with van der Waals surface area (Å²) in [6.07, 6.45) is 7.67. The van der Waals surface area contributed by atoms with Gasteiger partial charge in [-0.2, -0.15) is 11.8 Å². The molecular weight excluding hydrogens is 356 g/mol. The highest BCUT2D eigenvalue weighted by molar-refractivity contribution is 7.99. The Morgan fingerprint density at radius 2 is 2.07 bits per heavy atom. The maximum absolute atomic E-state index is 5.81. The van der Waals surface area contributed by atoms with Crippen molar-refractivity contribution in [3.8, 4) is 5.88 Å². The van der Waals surface area contributed by atoms with E-state index < -0.39 is 0 Å². The predicted octanol–water partition coefficient (Wildman–Crippen LogP) is 3.61. The minimum atomic E-state index is 0.510. The summed E-state index contributed by atoms with van der Waals surface area (Å²) in [6, 6.07) is 14.6. The second-order valence-corrected chi connectivity index (χ2v) is 7.85. The van der Waals surface area contributed by atoms with Crippen LogP contribution in [0.5, 0.6) is 5.88 Å². The topological polar surface area (TPSA) is 58.5 Å². The van der Waals surface area contributed by atoms with E-state index in [1.165, 1.54) is 19.3 Å². The van der Waals surface area contributed by atoms with Crippen LogP contribution in [-0.4, -0.2) is 35.5 Å². The van der Waals surface area contributed by atoms with Crippen molar-refractivity contribution in [3.63, 3.8) is 0 Å². The molecule has 6 heteroatoms.